The maximum absolute atomic E-state index is 13.3. The third kappa shape index (κ3) is 6.27. The Kier molecular flexibility index (Phi) is 8.15. The molecule has 9 heteroatoms. The molecule has 0 fully saturated rings. The number of likely N-dealkylation sites (N-methyl/N-ethyl adjacent to an activating group) is 1. The molecule has 1 N–H and O–H groups in total. The molecule has 2 rings (SSSR count). The van der Waals surface area contributed by atoms with Gasteiger partial charge in [0.05, 0.1) is 11.9 Å². The van der Waals surface area contributed by atoms with Gasteiger partial charge in [-0.1, -0.05) is 37.3 Å². The van der Waals surface area contributed by atoms with Crippen LogP contribution in [0.3, 0.4) is 0 Å². The van der Waals surface area contributed by atoms with Crippen LogP contribution in [-0.4, -0.2) is 51.0 Å². The van der Waals surface area contributed by atoms with Crippen molar-refractivity contribution in [3.63, 3.8) is 0 Å². The maximum atomic E-state index is 13.3. The number of sulfonamides is 1. The summed E-state index contributed by atoms with van der Waals surface area (Å²) in [5, 5.41) is 2.50. The molecule has 0 heterocycles. The molecule has 2 aromatic rings. The highest BCUT2D eigenvalue weighted by molar-refractivity contribution is 7.92. The molecule has 0 radical (unpaired) electrons. The summed E-state index contributed by atoms with van der Waals surface area (Å²) in [6.07, 6.45) is 1.63. The quantitative estimate of drug-likeness (QED) is 0.637. The number of hydrogen-bond donors (Lipinski definition) is 1. The van der Waals surface area contributed by atoms with Crippen molar-refractivity contribution < 1.29 is 22.4 Å². The minimum atomic E-state index is -3.77. The first-order chi connectivity index (χ1) is 14.6. The number of nitrogens with zero attached hydrogens (tertiary/aromatic N) is 2. The lowest BCUT2D eigenvalue weighted by Crippen LogP contribution is -2.50. The number of anilines is 1. The highest BCUT2D eigenvalue weighted by Crippen LogP contribution is 2.24. The summed E-state index contributed by atoms with van der Waals surface area (Å²) in [4.78, 5) is 26.8. The Hall–Kier alpha value is -2.94. The van der Waals surface area contributed by atoms with E-state index in [0.717, 1.165) is 16.1 Å². The van der Waals surface area contributed by atoms with E-state index in [0.29, 0.717) is 17.7 Å². The fraction of sp³-hybridized carbons (Fsp3) is 0.364. The molecule has 0 aliphatic heterocycles. The Balaban J connectivity index is 2.41. The summed E-state index contributed by atoms with van der Waals surface area (Å²) in [5.41, 5.74) is 1.82. The second kappa shape index (κ2) is 10.4. The first-order valence-corrected chi connectivity index (χ1v) is 11.7. The van der Waals surface area contributed by atoms with Crippen molar-refractivity contribution >= 4 is 27.5 Å². The van der Waals surface area contributed by atoms with Gasteiger partial charge >= 0.3 is 0 Å². The van der Waals surface area contributed by atoms with Crippen molar-refractivity contribution in [1.82, 2.24) is 10.2 Å². The summed E-state index contributed by atoms with van der Waals surface area (Å²) in [6, 6.07) is 11.7. The van der Waals surface area contributed by atoms with Gasteiger partial charge in [-0.25, -0.2) is 12.8 Å². The summed E-state index contributed by atoms with van der Waals surface area (Å²) in [6.45, 7) is 3.03. The normalized spacial score (nSPS) is 12.2. The van der Waals surface area contributed by atoms with Crippen molar-refractivity contribution in [2.24, 2.45) is 0 Å². The smallest absolute Gasteiger partial charge is 0.244 e. The molecule has 0 aromatic heterocycles. The van der Waals surface area contributed by atoms with Crippen LogP contribution in [0.2, 0.25) is 0 Å². The Labute approximate surface area is 182 Å². The lowest BCUT2D eigenvalue weighted by atomic mass is 10.1. The van der Waals surface area contributed by atoms with Crippen molar-refractivity contribution in [1.29, 1.82) is 0 Å². The lowest BCUT2D eigenvalue weighted by molar-refractivity contribution is -0.139. The number of halogens is 1. The second-order valence-electron chi connectivity index (χ2n) is 7.19. The van der Waals surface area contributed by atoms with Crippen LogP contribution in [0.5, 0.6) is 0 Å². The first-order valence-electron chi connectivity index (χ1n) is 9.89. The molecule has 0 spiro atoms. The number of amides is 2. The molecule has 7 nitrogen and oxygen atoms in total. The molecule has 0 bridgehead atoms. The SMILES string of the molecule is CCc1ccccc1N(CC(=O)N(Cc1ccc(F)cc1)[C@@H](C)C(=O)NC)S(C)(=O)=O. The number of aryl methyl sites for hydroxylation is 1. The highest BCUT2D eigenvalue weighted by atomic mass is 32.2. The van der Waals surface area contributed by atoms with Gasteiger partial charge < -0.3 is 10.2 Å². The van der Waals surface area contributed by atoms with Gasteiger partial charge in [0.15, 0.2) is 0 Å². The van der Waals surface area contributed by atoms with Crippen molar-refractivity contribution in [2.45, 2.75) is 32.9 Å². The number of para-hydroxylation sites is 1. The van der Waals surface area contributed by atoms with Gasteiger partial charge in [-0.05, 0) is 42.7 Å². The van der Waals surface area contributed by atoms with Gasteiger partial charge in [-0.15, -0.1) is 0 Å². The van der Waals surface area contributed by atoms with Gasteiger partial charge in [0.25, 0.3) is 0 Å². The second-order valence-corrected chi connectivity index (χ2v) is 9.10. The van der Waals surface area contributed by atoms with Gasteiger partial charge in [0, 0.05) is 13.6 Å². The molecule has 0 unspecified atom stereocenters. The topological polar surface area (TPSA) is 86.8 Å². The molecule has 0 saturated heterocycles. The number of benzene rings is 2. The average molecular weight is 450 g/mol. The van der Waals surface area contributed by atoms with Crippen LogP contribution in [0.4, 0.5) is 10.1 Å². The zero-order chi connectivity index (χ0) is 23.2. The Bertz CT molecular complexity index is 1030. The van der Waals surface area contributed by atoms with Gasteiger partial charge in [0.2, 0.25) is 21.8 Å². The van der Waals surface area contributed by atoms with Crippen LogP contribution in [-0.2, 0) is 32.6 Å². The lowest BCUT2D eigenvalue weighted by Gasteiger charge is -2.31. The third-order valence-corrected chi connectivity index (χ3v) is 6.13. The molecular formula is C22H28FN3O4S. The van der Waals surface area contributed by atoms with Crippen LogP contribution < -0.4 is 9.62 Å². The van der Waals surface area contributed by atoms with E-state index in [1.54, 1.807) is 31.2 Å². The minimum absolute atomic E-state index is 0.0285. The number of hydrogen-bond acceptors (Lipinski definition) is 4. The van der Waals surface area contributed by atoms with E-state index < -0.39 is 40.2 Å². The molecular weight excluding hydrogens is 421 g/mol. The van der Waals surface area contributed by atoms with Crippen LogP contribution in [0.25, 0.3) is 0 Å². The monoisotopic (exact) mass is 449 g/mol. The Morgan fingerprint density at radius 1 is 1.10 bits per heavy atom. The third-order valence-electron chi connectivity index (χ3n) is 5.00. The summed E-state index contributed by atoms with van der Waals surface area (Å²) < 4.78 is 39.4. The van der Waals surface area contributed by atoms with Crippen molar-refractivity contribution in [3.8, 4) is 0 Å². The maximum Gasteiger partial charge on any atom is 0.244 e. The number of carbonyl (C=O) groups is 2. The minimum Gasteiger partial charge on any atom is -0.357 e. The summed E-state index contributed by atoms with van der Waals surface area (Å²) >= 11 is 0. The average Bonchev–Trinajstić information content (AvgIpc) is 2.75. The number of carbonyl (C=O) groups excluding carboxylic acids is 2. The molecule has 2 aromatic carbocycles. The van der Waals surface area contributed by atoms with E-state index in [-0.39, 0.29) is 6.54 Å². The standard InChI is InChI=1S/C22H28FN3O4S/c1-5-18-8-6-7-9-20(18)26(31(4,29)30)15-21(27)25(16(2)22(28)24-3)14-17-10-12-19(23)13-11-17/h6-13,16H,5,14-15H2,1-4H3,(H,24,28)/t16-/m0/s1. The van der Waals surface area contributed by atoms with Crippen LogP contribution in [0, 0.1) is 5.82 Å². The van der Waals surface area contributed by atoms with Crippen molar-refractivity contribution in [2.75, 3.05) is 24.2 Å². The molecule has 1 atom stereocenters. The summed E-state index contributed by atoms with van der Waals surface area (Å²) in [7, 11) is -2.32. The van der Waals surface area contributed by atoms with E-state index in [9.17, 15) is 22.4 Å². The fourth-order valence-electron chi connectivity index (χ4n) is 3.23. The first kappa shape index (κ1) is 24.3. The Morgan fingerprint density at radius 3 is 2.26 bits per heavy atom. The van der Waals surface area contributed by atoms with E-state index >= 15 is 0 Å². The van der Waals surface area contributed by atoms with Gasteiger partial charge in [-0.3, -0.25) is 13.9 Å². The molecule has 0 aliphatic rings. The predicted molar refractivity (Wildman–Crippen MR) is 118 cm³/mol. The predicted octanol–water partition coefficient (Wildman–Crippen LogP) is 2.32. The number of rotatable bonds is 9. The Morgan fingerprint density at radius 2 is 1.71 bits per heavy atom. The zero-order valence-corrected chi connectivity index (χ0v) is 18.9. The molecule has 31 heavy (non-hydrogen) atoms. The largest absolute Gasteiger partial charge is 0.357 e. The van der Waals surface area contributed by atoms with Crippen LogP contribution in [0.1, 0.15) is 25.0 Å². The van der Waals surface area contributed by atoms with Gasteiger partial charge in [0.1, 0.15) is 18.4 Å². The zero-order valence-electron chi connectivity index (χ0n) is 18.1. The van der Waals surface area contributed by atoms with Crippen molar-refractivity contribution in [3.05, 3.63) is 65.5 Å². The molecule has 168 valence electrons. The molecule has 0 aliphatic carbocycles. The number of nitrogens with one attached hydrogen (secondary N) is 1. The fourth-order valence-corrected chi connectivity index (χ4v) is 4.11. The van der Waals surface area contributed by atoms with E-state index in [1.807, 2.05) is 6.92 Å². The summed E-state index contributed by atoms with van der Waals surface area (Å²) in [5.74, 6) is -1.35. The molecule has 2 amide bonds. The highest BCUT2D eigenvalue weighted by Gasteiger charge is 2.30. The van der Waals surface area contributed by atoms with E-state index in [2.05, 4.69) is 5.32 Å². The van der Waals surface area contributed by atoms with Crippen LogP contribution in [0.15, 0.2) is 48.5 Å². The van der Waals surface area contributed by atoms with Gasteiger partial charge in [-0.2, -0.15) is 0 Å². The van der Waals surface area contributed by atoms with E-state index in [4.69, 9.17) is 0 Å². The van der Waals surface area contributed by atoms with Crippen LogP contribution >= 0.6 is 0 Å². The van der Waals surface area contributed by atoms with E-state index in [1.165, 1.54) is 36.2 Å². The molecule has 0 saturated carbocycles.